The van der Waals surface area contributed by atoms with Crippen molar-refractivity contribution in [3.63, 3.8) is 0 Å². The fraction of sp³-hybridized carbons (Fsp3) is 0.628. The summed E-state index contributed by atoms with van der Waals surface area (Å²) in [5, 5.41) is 17.9. The summed E-state index contributed by atoms with van der Waals surface area (Å²) in [4.78, 5) is 119. The van der Waals surface area contributed by atoms with Crippen molar-refractivity contribution < 1.29 is 67.0 Å². The number of ketones is 2. The minimum Gasteiger partial charge on any atom is -0.394 e. The lowest BCUT2D eigenvalue weighted by molar-refractivity contribution is -0.138. The molecule has 2 aromatic rings. The molecule has 376 valence electrons. The quantitative estimate of drug-likeness (QED) is 0.0239. The highest BCUT2D eigenvalue weighted by Gasteiger charge is 2.36. The number of phosphoric acid groups is 1. The van der Waals surface area contributed by atoms with E-state index in [4.69, 9.17) is 20.9 Å². The normalized spacial score (nSPS) is 14.3. The SMILES string of the molecule is CC(C)C[C@H](NC(=O)CN(CCCCc1ccccc1)C(=O)CCOCCOCCNC(=O)[C@@H](N)CS)C(=O)C[C@@H](Cc1ncc[nH]1)C(=O)N[C@@H](CO)C(=O)C[C@H](C(N)=O)[C@@H](C)OP(=O)(O)O. The first kappa shape index (κ1) is 58.5. The first-order valence-corrected chi connectivity index (χ1v) is 24.3. The Labute approximate surface area is 396 Å². The molecular formula is C43H69N8O14PS. The van der Waals surface area contributed by atoms with Crippen molar-refractivity contribution in [3.05, 3.63) is 54.1 Å². The van der Waals surface area contributed by atoms with E-state index in [1.54, 1.807) is 0 Å². The van der Waals surface area contributed by atoms with Crippen LogP contribution in [0.25, 0.3) is 0 Å². The van der Waals surface area contributed by atoms with Gasteiger partial charge in [-0.2, -0.15) is 12.6 Å². The van der Waals surface area contributed by atoms with Crippen LogP contribution < -0.4 is 27.4 Å². The summed E-state index contributed by atoms with van der Waals surface area (Å²) >= 11 is 3.99. The van der Waals surface area contributed by atoms with Crippen LogP contribution >= 0.6 is 20.5 Å². The zero-order valence-electron chi connectivity index (χ0n) is 38.4. The molecule has 0 aliphatic rings. The number of phosphoric ester groups is 1. The van der Waals surface area contributed by atoms with Crippen LogP contribution in [-0.2, 0) is 65.0 Å². The minimum absolute atomic E-state index is 0.0394. The number of rotatable bonds is 36. The molecule has 67 heavy (non-hydrogen) atoms. The van der Waals surface area contributed by atoms with Crippen molar-refractivity contribution in [2.45, 2.75) is 96.4 Å². The van der Waals surface area contributed by atoms with Crippen LogP contribution in [0.1, 0.15) is 70.7 Å². The smallest absolute Gasteiger partial charge is 0.394 e. The van der Waals surface area contributed by atoms with E-state index in [1.807, 2.05) is 44.2 Å². The highest BCUT2D eigenvalue weighted by molar-refractivity contribution is 7.80. The van der Waals surface area contributed by atoms with E-state index >= 15 is 0 Å². The maximum absolute atomic E-state index is 14.1. The Morgan fingerprint density at radius 3 is 2.18 bits per heavy atom. The molecule has 24 heteroatoms. The van der Waals surface area contributed by atoms with Crippen LogP contribution in [0.15, 0.2) is 42.7 Å². The number of imidazole rings is 1. The summed E-state index contributed by atoms with van der Waals surface area (Å²) in [5.74, 6) is -6.99. The number of ether oxygens (including phenoxy) is 2. The number of aromatic amines is 1. The molecule has 0 unspecified atom stereocenters. The van der Waals surface area contributed by atoms with E-state index in [0.717, 1.165) is 25.3 Å². The Bertz CT molecular complexity index is 1890. The summed E-state index contributed by atoms with van der Waals surface area (Å²) in [6.07, 6.45) is 2.32. The molecule has 5 amide bonds. The number of hydrogen-bond donors (Lipinski definition) is 10. The lowest BCUT2D eigenvalue weighted by Gasteiger charge is -2.26. The molecule has 0 aliphatic carbocycles. The number of nitrogens with zero attached hydrogens (tertiary/aromatic N) is 2. The van der Waals surface area contributed by atoms with Gasteiger partial charge in [0.25, 0.3) is 0 Å². The molecule has 11 N–H and O–H groups in total. The van der Waals surface area contributed by atoms with Crippen molar-refractivity contribution in [3.8, 4) is 0 Å². The first-order valence-electron chi connectivity index (χ1n) is 22.1. The zero-order chi connectivity index (χ0) is 49.9. The van der Waals surface area contributed by atoms with E-state index in [-0.39, 0.29) is 88.8 Å². The van der Waals surface area contributed by atoms with Crippen LogP contribution in [0.2, 0.25) is 0 Å². The highest BCUT2D eigenvalue weighted by Crippen LogP contribution is 2.39. The van der Waals surface area contributed by atoms with Gasteiger partial charge in [-0.25, -0.2) is 9.55 Å². The first-order chi connectivity index (χ1) is 31.7. The molecule has 0 aliphatic heterocycles. The van der Waals surface area contributed by atoms with Crippen molar-refractivity contribution >= 4 is 61.6 Å². The third-order valence-electron chi connectivity index (χ3n) is 10.4. The van der Waals surface area contributed by atoms with Gasteiger partial charge in [0.15, 0.2) is 11.6 Å². The molecule has 0 saturated carbocycles. The summed E-state index contributed by atoms with van der Waals surface area (Å²) in [5.41, 5.74) is 12.1. The molecule has 0 spiro atoms. The second-order valence-electron chi connectivity index (χ2n) is 16.4. The number of aryl methyl sites for hydroxylation is 1. The molecule has 0 radical (unpaired) electrons. The van der Waals surface area contributed by atoms with E-state index in [0.29, 0.717) is 12.2 Å². The number of aliphatic hydroxyl groups is 1. The number of Topliss-reactive ketones (excluding diaryl/α,β-unsaturated/α-hetero) is 2. The number of benzene rings is 1. The average Bonchev–Trinajstić information content (AvgIpc) is 3.79. The highest BCUT2D eigenvalue weighted by atomic mass is 32.1. The van der Waals surface area contributed by atoms with Crippen molar-refractivity contribution in [2.75, 3.05) is 58.4 Å². The standard InChI is InChI=1S/C43H69N8O14PS/c1-28(2)21-34(36(53)22-31(23-38-46-13-14-47-38)42(58)50-35(26-52)37(54)24-32(41(45)57)29(3)65-66(60,61)62)49-39(55)25-51(16-8-7-11-30-9-5-4-6-10-30)40(56)12-17-63-19-20-64-18-15-48-43(59)33(44)27-67/h4-6,9-10,13-14,28-29,31-35,52,67H,7-8,11-12,15-27,44H2,1-3H3,(H2,45,57)(H,46,47)(H,48,59)(H,49,55)(H,50,58)(H2,60,61,62)/t29-,31+,32+,33+,34+,35+/m1/s1. The Morgan fingerprint density at radius 1 is 0.910 bits per heavy atom. The molecule has 6 atom stereocenters. The number of hydrogen-bond acceptors (Lipinski definition) is 15. The molecule has 0 bridgehead atoms. The van der Waals surface area contributed by atoms with E-state index in [9.17, 15) is 53.0 Å². The number of primary amides is 1. The average molecular weight is 985 g/mol. The van der Waals surface area contributed by atoms with E-state index < -0.39 is 92.6 Å². The number of amides is 5. The number of aromatic nitrogens is 2. The van der Waals surface area contributed by atoms with E-state index in [2.05, 4.69) is 43.1 Å². The Kier molecular flexibility index (Phi) is 27.5. The maximum Gasteiger partial charge on any atom is 0.469 e. The predicted octanol–water partition coefficient (Wildman–Crippen LogP) is -0.258. The van der Waals surface area contributed by atoms with Gasteiger partial charge in [-0.15, -0.1) is 0 Å². The number of H-pyrrole nitrogens is 1. The molecule has 1 aromatic carbocycles. The topological polar surface area (TPSA) is 345 Å². The lowest BCUT2D eigenvalue weighted by Crippen LogP contribution is -2.50. The second-order valence-corrected chi connectivity index (χ2v) is 18.0. The van der Waals surface area contributed by atoms with E-state index in [1.165, 1.54) is 17.3 Å². The Hall–Kier alpha value is -4.58. The maximum atomic E-state index is 14.1. The van der Waals surface area contributed by atoms with Crippen LogP contribution in [0, 0.1) is 17.8 Å². The zero-order valence-corrected chi connectivity index (χ0v) is 40.2. The van der Waals surface area contributed by atoms with Crippen molar-refractivity contribution in [1.29, 1.82) is 0 Å². The number of unbranched alkanes of at least 4 members (excludes halogenated alkanes) is 1. The van der Waals surface area contributed by atoms with Gasteiger partial charge in [0.1, 0.15) is 11.9 Å². The predicted molar refractivity (Wildman–Crippen MR) is 248 cm³/mol. The lowest BCUT2D eigenvalue weighted by atomic mass is 9.90. The van der Waals surface area contributed by atoms with Crippen LogP contribution in [-0.4, -0.2) is 154 Å². The molecule has 0 fully saturated rings. The molecule has 22 nitrogen and oxygen atoms in total. The minimum atomic E-state index is -5.08. The summed E-state index contributed by atoms with van der Waals surface area (Å²) in [6.45, 7) is 4.67. The fourth-order valence-electron chi connectivity index (χ4n) is 6.77. The molecule has 1 aromatic heterocycles. The Morgan fingerprint density at radius 2 is 1.58 bits per heavy atom. The number of aliphatic hydroxyl groups excluding tert-OH is 1. The number of nitrogens with one attached hydrogen (secondary N) is 4. The number of carbonyl (C=O) groups excluding carboxylic acids is 7. The van der Waals surface area contributed by atoms with Gasteiger partial charge in [-0.05, 0) is 44.1 Å². The van der Waals surface area contributed by atoms with Gasteiger partial charge in [-0.1, -0.05) is 44.2 Å². The molecule has 2 rings (SSSR count). The Balaban J connectivity index is 2.15. The number of thiol groups is 1. The van der Waals surface area contributed by atoms with Gasteiger partial charge in [0.2, 0.25) is 29.5 Å². The van der Waals surface area contributed by atoms with Crippen molar-refractivity contribution in [1.82, 2.24) is 30.8 Å². The number of carbonyl (C=O) groups is 7. The van der Waals surface area contributed by atoms with Gasteiger partial charge in [-0.3, -0.25) is 38.1 Å². The van der Waals surface area contributed by atoms with Gasteiger partial charge < -0.3 is 61.7 Å². The molecular weight excluding hydrogens is 916 g/mol. The van der Waals surface area contributed by atoms with Gasteiger partial charge >= 0.3 is 7.82 Å². The third-order valence-corrected chi connectivity index (χ3v) is 11.4. The van der Waals surface area contributed by atoms with Gasteiger partial charge in [0.05, 0.1) is 76.0 Å². The van der Waals surface area contributed by atoms with Crippen LogP contribution in [0.4, 0.5) is 0 Å². The molecule has 0 saturated heterocycles. The van der Waals surface area contributed by atoms with Crippen LogP contribution in [0.5, 0.6) is 0 Å². The third kappa shape index (κ3) is 24.3. The summed E-state index contributed by atoms with van der Waals surface area (Å²) < 4.78 is 27.0. The second kappa shape index (κ2) is 31.5. The largest absolute Gasteiger partial charge is 0.469 e. The summed E-state index contributed by atoms with van der Waals surface area (Å²) in [7, 11) is -5.08. The monoisotopic (exact) mass is 984 g/mol. The van der Waals surface area contributed by atoms with Gasteiger partial charge in [0, 0.05) is 50.5 Å². The fourth-order valence-corrected chi connectivity index (χ4v) is 7.52. The van der Waals surface area contributed by atoms with Crippen molar-refractivity contribution in [2.24, 2.45) is 29.2 Å². The summed E-state index contributed by atoms with van der Waals surface area (Å²) in [6, 6.07) is 6.40. The van der Waals surface area contributed by atoms with Crippen LogP contribution in [0.3, 0.4) is 0 Å². The number of nitrogens with two attached hydrogens (primary N) is 2. The molecule has 1 heterocycles.